The van der Waals surface area contributed by atoms with Crippen LogP contribution in [0.2, 0.25) is 0 Å². The van der Waals surface area contributed by atoms with Crippen molar-refractivity contribution in [2.75, 3.05) is 6.67 Å². The zero-order valence-electron chi connectivity index (χ0n) is 7.15. The lowest BCUT2D eigenvalue weighted by Crippen LogP contribution is -2.14. The van der Waals surface area contributed by atoms with Crippen LogP contribution in [0, 0.1) is 12.7 Å². The van der Waals surface area contributed by atoms with Crippen LogP contribution in [0.3, 0.4) is 0 Å². The van der Waals surface area contributed by atoms with Crippen molar-refractivity contribution >= 4 is 15.9 Å². The van der Waals surface area contributed by atoms with Gasteiger partial charge in [0.15, 0.2) is 0 Å². The van der Waals surface area contributed by atoms with Gasteiger partial charge in [-0.15, -0.1) is 0 Å². The average molecular weight is 250 g/mol. The van der Waals surface area contributed by atoms with Gasteiger partial charge in [0.05, 0.1) is 6.04 Å². The topological polar surface area (TPSA) is 26.0 Å². The first-order chi connectivity index (χ1) is 6.06. The van der Waals surface area contributed by atoms with Crippen molar-refractivity contribution in [3.63, 3.8) is 0 Å². The molecule has 0 amide bonds. The quantitative estimate of drug-likeness (QED) is 0.858. The lowest BCUT2D eigenvalue weighted by atomic mass is 10.1. The molecule has 0 saturated carbocycles. The number of rotatable bonds is 2. The summed E-state index contributed by atoms with van der Waals surface area (Å²) in [4.78, 5) is 0. The fourth-order valence-corrected chi connectivity index (χ4v) is 1.69. The molecule has 1 rings (SSSR count). The first-order valence-electron chi connectivity index (χ1n) is 3.83. The Hall–Kier alpha value is -0.480. The molecule has 0 saturated heterocycles. The van der Waals surface area contributed by atoms with Crippen LogP contribution in [0.5, 0.6) is 0 Å². The number of hydrogen-bond acceptors (Lipinski definition) is 1. The minimum absolute atomic E-state index is 0.217. The summed E-state index contributed by atoms with van der Waals surface area (Å²) in [7, 11) is 0. The van der Waals surface area contributed by atoms with Gasteiger partial charge in [-0.1, -0.05) is 15.9 Å². The summed E-state index contributed by atoms with van der Waals surface area (Å²) in [6, 6.07) is 2.26. The predicted molar refractivity (Wildman–Crippen MR) is 51.7 cm³/mol. The number of nitrogens with two attached hydrogens (primary N) is 1. The van der Waals surface area contributed by atoms with E-state index in [4.69, 9.17) is 5.73 Å². The Balaban J connectivity index is 3.20. The second-order valence-corrected chi connectivity index (χ2v) is 3.80. The molecular formula is C9H10BrF2N. The molecule has 0 aliphatic rings. The van der Waals surface area contributed by atoms with E-state index in [9.17, 15) is 8.78 Å². The Morgan fingerprint density at radius 2 is 2.15 bits per heavy atom. The van der Waals surface area contributed by atoms with Crippen LogP contribution in [0.1, 0.15) is 17.2 Å². The van der Waals surface area contributed by atoms with Gasteiger partial charge in [0.1, 0.15) is 12.5 Å². The van der Waals surface area contributed by atoms with Crippen LogP contribution in [0.15, 0.2) is 16.6 Å². The normalized spacial score (nSPS) is 13.0. The van der Waals surface area contributed by atoms with Crippen molar-refractivity contribution in [2.24, 2.45) is 5.73 Å². The highest BCUT2D eigenvalue weighted by atomic mass is 79.9. The highest BCUT2D eigenvalue weighted by molar-refractivity contribution is 9.10. The molecule has 0 radical (unpaired) electrons. The number of benzene rings is 1. The van der Waals surface area contributed by atoms with Crippen LogP contribution in [0.4, 0.5) is 8.78 Å². The Labute approximate surface area is 84.1 Å². The highest BCUT2D eigenvalue weighted by Crippen LogP contribution is 2.23. The van der Waals surface area contributed by atoms with E-state index in [1.807, 2.05) is 0 Å². The third-order valence-corrected chi connectivity index (χ3v) is 2.27. The maximum atomic E-state index is 13.4. The van der Waals surface area contributed by atoms with Gasteiger partial charge in [-0.25, -0.2) is 8.78 Å². The first-order valence-corrected chi connectivity index (χ1v) is 4.62. The van der Waals surface area contributed by atoms with Crippen molar-refractivity contribution in [1.29, 1.82) is 0 Å². The Morgan fingerprint density at radius 3 is 2.69 bits per heavy atom. The smallest absolute Gasteiger partial charge is 0.131 e. The Kier molecular flexibility index (Phi) is 3.39. The number of hydrogen-bond donors (Lipinski definition) is 1. The molecule has 72 valence electrons. The summed E-state index contributed by atoms with van der Waals surface area (Å²) in [6.45, 7) is 0.862. The van der Waals surface area contributed by atoms with Gasteiger partial charge in [-0.05, 0) is 24.6 Å². The summed E-state index contributed by atoms with van der Waals surface area (Å²) in [5, 5.41) is 0. The summed E-state index contributed by atoms with van der Waals surface area (Å²) >= 11 is 3.20. The molecule has 4 heteroatoms. The van der Waals surface area contributed by atoms with Crippen molar-refractivity contribution in [3.05, 3.63) is 33.5 Å². The van der Waals surface area contributed by atoms with Crippen LogP contribution in [-0.2, 0) is 0 Å². The molecule has 2 N–H and O–H groups in total. The standard InChI is InChI=1S/C9H10BrF2N/c1-5-2-6(10)3-7(9(5)12)8(13)4-11/h2-3,8H,4,13H2,1H3. The van der Waals surface area contributed by atoms with Crippen molar-refractivity contribution in [1.82, 2.24) is 0 Å². The molecule has 1 unspecified atom stereocenters. The highest BCUT2D eigenvalue weighted by Gasteiger charge is 2.13. The zero-order valence-corrected chi connectivity index (χ0v) is 8.74. The predicted octanol–water partition coefficient (Wildman–Crippen LogP) is 2.87. The van der Waals surface area contributed by atoms with E-state index in [0.29, 0.717) is 10.0 Å². The van der Waals surface area contributed by atoms with E-state index >= 15 is 0 Å². The second-order valence-electron chi connectivity index (χ2n) is 2.89. The molecule has 0 aromatic heterocycles. The van der Waals surface area contributed by atoms with Gasteiger partial charge >= 0.3 is 0 Å². The molecule has 1 aromatic rings. The second kappa shape index (κ2) is 4.15. The minimum atomic E-state index is -0.879. The van der Waals surface area contributed by atoms with Crippen LogP contribution in [-0.4, -0.2) is 6.67 Å². The summed E-state index contributed by atoms with van der Waals surface area (Å²) in [5.41, 5.74) is 6.08. The molecule has 0 aliphatic carbocycles. The van der Waals surface area contributed by atoms with Gasteiger partial charge in [0.2, 0.25) is 0 Å². The summed E-state index contributed by atoms with van der Waals surface area (Å²) < 4.78 is 26.3. The van der Waals surface area contributed by atoms with E-state index < -0.39 is 18.5 Å². The third-order valence-electron chi connectivity index (χ3n) is 1.81. The van der Waals surface area contributed by atoms with E-state index in [1.165, 1.54) is 6.07 Å². The lowest BCUT2D eigenvalue weighted by Gasteiger charge is -2.11. The van der Waals surface area contributed by atoms with Crippen molar-refractivity contribution in [3.8, 4) is 0 Å². The maximum Gasteiger partial charge on any atom is 0.131 e. The van der Waals surface area contributed by atoms with Crippen LogP contribution >= 0.6 is 15.9 Å². The van der Waals surface area contributed by atoms with Gasteiger partial charge < -0.3 is 5.73 Å². The van der Waals surface area contributed by atoms with Gasteiger partial charge in [-0.2, -0.15) is 0 Å². The Bertz CT molecular complexity index is 315. The van der Waals surface area contributed by atoms with Gasteiger partial charge in [-0.3, -0.25) is 0 Å². The summed E-state index contributed by atoms with van der Waals surface area (Å²) in [6.07, 6.45) is 0. The molecule has 13 heavy (non-hydrogen) atoms. The maximum absolute atomic E-state index is 13.4. The summed E-state index contributed by atoms with van der Waals surface area (Å²) in [5.74, 6) is -0.423. The lowest BCUT2D eigenvalue weighted by molar-refractivity contribution is 0.426. The molecule has 0 bridgehead atoms. The molecular weight excluding hydrogens is 240 g/mol. The van der Waals surface area contributed by atoms with Gasteiger partial charge in [0.25, 0.3) is 0 Å². The first kappa shape index (κ1) is 10.6. The van der Waals surface area contributed by atoms with E-state index in [-0.39, 0.29) is 5.56 Å². The van der Waals surface area contributed by atoms with Crippen LogP contribution < -0.4 is 5.73 Å². The SMILES string of the molecule is Cc1cc(Br)cc(C(N)CF)c1F. The minimum Gasteiger partial charge on any atom is -0.322 e. The molecule has 0 fully saturated rings. The monoisotopic (exact) mass is 249 g/mol. The number of halogens is 3. The third kappa shape index (κ3) is 2.25. The molecule has 1 atom stereocenters. The number of aryl methyl sites for hydroxylation is 1. The molecule has 1 aromatic carbocycles. The van der Waals surface area contributed by atoms with E-state index in [2.05, 4.69) is 15.9 Å². The fraction of sp³-hybridized carbons (Fsp3) is 0.333. The van der Waals surface area contributed by atoms with Crippen molar-refractivity contribution in [2.45, 2.75) is 13.0 Å². The molecule has 1 nitrogen and oxygen atoms in total. The fourth-order valence-electron chi connectivity index (χ4n) is 1.10. The molecule has 0 spiro atoms. The van der Waals surface area contributed by atoms with Gasteiger partial charge in [0, 0.05) is 10.0 Å². The largest absolute Gasteiger partial charge is 0.322 e. The van der Waals surface area contributed by atoms with Crippen LogP contribution in [0.25, 0.3) is 0 Å². The average Bonchev–Trinajstić information content (AvgIpc) is 2.10. The Morgan fingerprint density at radius 1 is 1.54 bits per heavy atom. The zero-order chi connectivity index (χ0) is 10.0. The molecule has 0 heterocycles. The van der Waals surface area contributed by atoms with E-state index in [1.54, 1.807) is 13.0 Å². The molecule has 0 aliphatic heterocycles. The number of alkyl halides is 1. The van der Waals surface area contributed by atoms with E-state index in [0.717, 1.165) is 0 Å². The van der Waals surface area contributed by atoms with Crippen molar-refractivity contribution < 1.29 is 8.78 Å².